The maximum absolute atomic E-state index is 12.3. The Labute approximate surface area is 102 Å². The van der Waals surface area contributed by atoms with Gasteiger partial charge in [0.15, 0.2) is 0 Å². The van der Waals surface area contributed by atoms with Gasteiger partial charge in [0.2, 0.25) is 6.43 Å². The second-order valence-corrected chi connectivity index (χ2v) is 3.73. The van der Waals surface area contributed by atoms with Crippen LogP contribution < -0.4 is 0 Å². The van der Waals surface area contributed by atoms with Crippen molar-refractivity contribution in [2.24, 2.45) is 4.99 Å². The average Bonchev–Trinajstić information content (AvgIpc) is 2.75. The van der Waals surface area contributed by atoms with Crippen molar-refractivity contribution in [1.82, 2.24) is 0 Å². The highest BCUT2D eigenvalue weighted by atomic mass is 19.3. The Balaban J connectivity index is 0.000000686. The Hall–Kier alpha value is -1.25. The lowest BCUT2D eigenvalue weighted by molar-refractivity contribution is 0.149. The number of fused-ring (bicyclic) bond motifs is 1. The minimum absolute atomic E-state index is 0.191. The molecule has 1 aromatic carbocycles. The van der Waals surface area contributed by atoms with Gasteiger partial charge < -0.3 is 0 Å². The van der Waals surface area contributed by atoms with Crippen LogP contribution in [0.5, 0.6) is 0 Å². The summed E-state index contributed by atoms with van der Waals surface area (Å²) in [6.45, 7) is 6.04. The van der Waals surface area contributed by atoms with E-state index in [1.807, 2.05) is 32.9 Å². The first-order valence-electron chi connectivity index (χ1n) is 6.16. The van der Waals surface area contributed by atoms with E-state index >= 15 is 0 Å². The number of nitrogens with zero attached hydrogens (tertiary/aromatic N) is 1. The van der Waals surface area contributed by atoms with Crippen molar-refractivity contribution in [3.8, 4) is 0 Å². The highest BCUT2D eigenvalue weighted by Crippen LogP contribution is 2.32. The van der Waals surface area contributed by atoms with Gasteiger partial charge in [-0.3, -0.25) is 4.99 Å². The zero-order valence-corrected chi connectivity index (χ0v) is 10.6. The first kappa shape index (κ1) is 13.8. The van der Waals surface area contributed by atoms with E-state index in [2.05, 4.69) is 4.99 Å². The number of para-hydroxylation sites is 1. The smallest absolute Gasteiger partial charge is 0.242 e. The molecule has 1 heterocycles. The summed E-state index contributed by atoms with van der Waals surface area (Å²) in [5.41, 5.74) is 3.64. The summed E-state index contributed by atoms with van der Waals surface area (Å²) in [6, 6.07) is 5.55. The van der Waals surface area contributed by atoms with E-state index in [4.69, 9.17) is 0 Å². The molecule has 0 aliphatic carbocycles. The van der Waals surface area contributed by atoms with E-state index in [1.54, 1.807) is 6.07 Å². The van der Waals surface area contributed by atoms with Crippen LogP contribution >= 0.6 is 0 Å². The Morgan fingerprint density at radius 2 is 2.00 bits per heavy atom. The van der Waals surface area contributed by atoms with Crippen molar-refractivity contribution in [1.29, 1.82) is 0 Å². The molecule has 0 bridgehead atoms. The van der Waals surface area contributed by atoms with Crippen LogP contribution in [0.15, 0.2) is 23.2 Å². The normalized spacial score (nSPS) is 12.9. The standard InChI is InChI=1S/C12H13F2N.C2H6/c1-2-10-6-8-4-3-5-9(7-11(13)14)12(8)15-10;1-2/h3-5,11H,2,6-7H2,1H3;1-2H3. The van der Waals surface area contributed by atoms with Crippen LogP contribution in [0.1, 0.15) is 38.3 Å². The molecule has 0 spiro atoms. The quantitative estimate of drug-likeness (QED) is 0.733. The number of hydrogen-bond acceptors (Lipinski definition) is 1. The van der Waals surface area contributed by atoms with Crippen LogP contribution in [0.2, 0.25) is 0 Å². The van der Waals surface area contributed by atoms with E-state index in [9.17, 15) is 8.78 Å². The van der Waals surface area contributed by atoms with E-state index in [0.717, 1.165) is 29.8 Å². The Kier molecular flexibility index (Phi) is 5.26. The maximum atomic E-state index is 12.3. The van der Waals surface area contributed by atoms with Crippen LogP contribution in [0.25, 0.3) is 0 Å². The number of hydrogen-bond donors (Lipinski definition) is 0. The summed E-state index contributed by atoms with van der Waals surface area (Å²) in [4.78, 5) is 4.41. The molecule has 3 heteroatoms. The van der Waals surface area contributed by atoms with Gasteiger partial charge in [-0.2, -0.15) is 0 Å². The molecule has 0 atom stereocenters. The molecule has 0 fully saturated rings. The van der Waals surface area contributed by atoms with Crippen LogP contribution in [0.3, 0.4) is 0 Å². The predicted molar refractivity (Wildman–Crippen MR) is 68.6 cm³/mol. The van der Waals surface area contributed by atoms with Gasteiger partial charge in [-0.15, -0.1) is 0 Å². The molecule has 1 nitrogen and oxygen atoms in total. The van der Waals surface area contributed by atoms with E-state index in [-0.39, 0.29) is 6.42 Å². The van der Waals surface area contributed by atoms with Gasteiger partial charge in [0.05, 0.1) is 5.69 Å². The molecule has 17 heavy (non-hydrogen) atoms. The number of aliphatic imine (C=N–C) groups is 1. The molecule has 0 saturated heterocycles. The summed E-state index contributed by atoms with van der Waals surface area (Å²) >= 11 is 0. The molecule has 1 aliphatic rings. The summed E-state index contributed by atoms with van der Waals surface area (Å²) in [5, 5.41) is 0. The third-order valence-corrected chi connectivity index (χ3v) is 2.65. The molecule has 0 amide bonds. The SMILES string of the molecule is CC.CCC1=Nc2c(cccc2CC(F)F)C1. The van der Waals surface area contributed by atoms with Crippen molar-refractivity contribution in [2.75, 3.05) is 0 Å². The van der Waals surface area contributed by atoms with Crippen LogP contribution in [-0.4, -0.2) is 12.1 Å². The largest absolute Gasteiger partial charge is 0.257 e. The molecule has 0 unspecified atom stereocenters. The van der Waals surface area contributed by atoms with Crippen molar-refractivity contribution in [3.63, 3.8) is 0 Å². The van der Waals surface area contributed by atoms with Crippen molar-refractivity contribution in [3.05, 3.63) is 29.3 Å². The molecule has 2 rings (SSSR count). The first-order valence-corrected chi connectivity index (χ1v) is 6.16. The minimum atomic E-state index is -2.29. The van der Waals surface area contributed by atoms with Gasteiger partial charge in [0.25, 0.3) is 0 Å². The van der Waals surface area contributed by atoms with Gasteiger partial charge in [-0.05, 0) is 17.5 Å². The molecular formula is C14H19F2N. The zero-order valence-electron chi connectivity index (χ0n) is 10.6. The summed E-state index contributed by atoms with van der Waals surface area (Å²) in [5.74, 6) is 0. The highest BCUT2D eigenvalue weighted by Gasteiger charge is 2.17. The van der Waals surface area contributed by atoms with Gasteiger partial charge >= 0.3 is 0 Å². The number of benzene rings is 1. The Morgan fingerprint density at radius 1 is 1.29 bits per heavy atom. The van der Waals surface area contributed by atoms with Gasteiger partial charge in [-0.1, -0.05) is 39.0 Å². The highest BCUT2D eigenvalue weighted by molar-refractivity contribution is 5.94. The average molecular weight is 239 g/mol. The lowest BCUT2D eigenvalue weighted by Gasteiger charge is -2.04. The first-order chi connectivity index (χ1) is 8.20. The molecule has 1 aromatic rings. The second-order valence-electron chi connectivity index (χ2n) is 3.73. The maximum Gasteiger partial charge on any atom is 0.242 e. The minimum Gasteiger partial charge on any atom is -0.257 e. The second kappa shape index (κ2) is 6.48. The lowest BCUT2D eigenvalue weighted by atomic mass is 10.0. The third-order valence-electron chi connectivity index (χ3n) is 2.65. The summed E-state index contributed by atoms with van der Waals surface area (Å²) in [6.07, 6.45) is -0.771. The van der Waals surface area contributed by atoms with Crippen LogP contribution in [0.4, 0.5) is 14.5 Å². The Bertz CT molecular complexity index is 397. The van der Waals surface area contributed by atoms with Gasteiger partial charge in [0, 0.05) is 18.6 Å². The van der Waals surface area contributed by atoms with Crippen LogP contribution in [0, 0.1) is 0 Å². The number of alkyl halides is 2. The lowest BCUT2D eigenvalue weighted by Crippen LogP contribution is -1.97. The fraction of sp³-hybridized carbons (Fsp3) is 0.500. The molecule has 0 radical (unpaired) electrons. The Morgan fingerprint density at radius 3 is 2.59 bits per heavy atom. The molecule has 1 aliphatic heterocycles. The number of rotatable bonds is 3. The van der Waals surface area contributed by atoms with Gasteiger partial charge in [0.1, 0.15) is 0 Å². The van der Waals surface area contributed by atoms with E-state index in [0.29, 0.717) is 5.56 Å². The van der Waals surface area contributed by atoms with Crippen molar-refractivity contribution < 1.29 is 8.78 Å². The van der Waals surface area contributed by atoms with E-state index < -0.39 is 6.43 Å². The molecular weight excluding hydrogens is 220 g/mol. The van der Waals surface area contributed by atoms with Gasteiger partial charge in [-0.25, -0.2) is 8.78 Å². The summed E-state index contributed by atoms with van der Waals surface area (Å²) in [7, 11) is 0. The number of halogens is 2. The predicted octanol–water partition coefficient (Wildman–Crippen LogP) is 4.56. The fourth-order valence-electron chi connectivity index (χ4n) is 1.88. The topological polar surface area (TPSA) is 12.4 Å². The van der Waals surface area contributed by atoms with Crippen molar-refractivity contribution >= 4 is 11.4 Å². The monoisotopic (exact) mass is 239 g/mol. The fourth-order valence-corrected chi connectivity index (χ4v) is 1.88. The molecule has 94 valence electrons. The van der Waals surface area contributed by atoms with Crippen molar-refractivity contribution in [2.45, 2.75) is 46.5 Å². The summed E-state index contributed by atoms with van der Waals surface area (Å²) < 4.78 is 24.6. The molecule has 0 N–H and O–H groups in total. The molecule has 0 aromatic heterocycles. The third kappa shape index (κ3) is 3.35. The molecule has 0 saturated carbocycles. The van der Waals surface area contributed by atoms with Crippen LogP contribution in [-0.2, 0) is 12.8 Å². The van der Waals surface area contributed by atoms with E-state index in [1.165, 1.54) is 0 Å². The zero-order chi connectivity index (χ0) is 12.8.